The van der Waals surface area contributed by atoms with Crippen LogP contribution in [0, 0.1) is 17.2 Å². The standard InChI is InChI=1S/C16H18N4O2/c17-9-12-2-1-3-13(8-12)10-19-5-4-14-15(11-19)18-20(6-7-21)16(14)22/h1-3,8,14,21H,4-7,10-11H2. The zero-order valence-electron chi connectivity index (χ0n) is 12.3. The van der Waals surface area contributed by atoms with E-state index < -0.39 is 0 Å². The van der Waals surface area contributed by atoms with E-state index in [2.05, 4.69) is 16.1 Å². The predicted molar refractivity (Wildman–Crippen MR) is 80.8 cm³/mol. The van der Waals surface area contributed by atoms with Crippen LogP contribution in [-0.4, -0.2) is 52.9 Å². The van der Waals surface area contributed by atoms with Crippen molar-refractivity contribution in [2.75, 3.05) is 26.2 Å². The number of hydrogen-bond acceptors (Lipinski definition) is 5. The van der Waals surface area contributed by atoms with Crippen LogP contribution in [0.15, 0.2) is 29.4 Å². The molecule has 0 saturated carbocycles. The summed E-state index contributed by atoms with van der Waals surface area (Å²) in [6.45, 7) is 2.44. The smallest absolute Gasteiger partial charge is 0.251 e. The first-order chi connectivity index (χ1) is 10.7. The monoisotopic (exact) mass is 298 g/mol. The van der Waals surface area contributed by atoms with Crippen LogP contribution in [0.4, 0.5) is 0 Å². The van der Waals surface area contributed by atoms with E-state index in [0.29, 0.717) is 12.1 Å². The number of likely N-dealkylation sites (tertiary alicyclic amines) is 1. The van der Waals surface area contributed by atoms with Gasteiger partial charge in [0.2, 0.25) is 0 Å². The van der Waals surface area contributed by atoms with Gasteiger partial charge >= 0.3 is 0 Å². The van der Waals surface area contributed by atoms with Gasteiger partial charge in [-0.3, -0.25) is 9.69 Å². The van der Waals surface area contributed by atoms with Gasteiger partial charge in [-0.05, 0) is 24.1 Å². The van der Waals surface area contributed by atoms with Crippen molar-refractivity contribution >= 4 is 11.6 Å². The van der Waals surface area contributed by atoms with Crippen LogP contribution in [-0.2, 0) is 11.3 Å². The molecule has 1 unspecified atom stereocenters. The number of aliphatic hydroxyl groups is 1. The van der Waals surface area contributed by atoms with Gasteiger partial charge in [-0.15, -0.1) is 0 Å². The lowest BCUT2D eigenvalue weighted by atomic mass is 9.94. The summed E-state index contributed by atoms with van der Waals surface area (Å²) in [4.78, 5) is 14.4. The third kappa shape index (κ3) is 2.86. The Bertz CT molecular complexity index is 650. The maximum Gasteiger partial charge on any atom is 0.251 e. The third-order valence-corrected chi connectivity index (χ3v) is 4.10. The summed E-state index contributed by atoms with van der Waals surface area (Å²) in [7, 11) is 0. The number of β-amino-alcohol motifs (C(OH)–C–C–N with tert-alkyl or cyclic N) is 1. The van der Waals surface area contributed by atoms with E-state index in [1.54, 1.807) is 6.07 Å². The number of nitrogens with zero attached hydrogens (tertiary/aromatic N) is 4. The van der Waals surface area contributed by atoms with E-state index in [4.69, 9.17) is 10.4 Å². The van der Waals surface area contributed by atoms with Crippen LogP contribution in [0.25, 0.3) is 0 Å². The summed E-state index contributed by atoms with van der Waals surface area (Å²) < 4.78 is 0. The molecule has 2 aliphatic rings. The minimum atomic E-state index is -0.117. The number of fused-ring (bicyclic) bond motifs is 1. The van der Waals surface area contributed by atoms with Gasteiger partial charge < -0.3 is 5.11 Å². The Morgan fingerprint density at radius 1 is 1.45 bits per heavy atom. The largest absolute Gasteiger partial charge is 0.394 e. The van der Waals surface area contributed by atoms with Crippen molar-refractivity contribution < 1.29 is 9.90 Å². The number of hydrazone groups is 1. The molecule has 2 aliphatic heterocycles. The molecule has 0 aliphatic carbocycles. The second kappa shape index (κ2) is 6.26. The van der Waals surface area contributed by atoms with Crippen molar-refractivity contribution in [2.45, 2.75) is 13.0 Å². The molecule has 0 aromatic heterocycles. The van der Waals surface area contributed by atoms with Crippen LogP contribution in [0.3, 0.4) is 0 Å². The molecule has 6 nitrogen and oxygen atoms in total. The number of carbonyl (C=O) groups is 1. The van der Waals surface area contributed by atoms with E-state index in [1.807, 2.05) is 18.2 Å². The third-order valence-electron chi connectivity index (χ3n) is 4.10. The molecule has 1 aromatic rings. The molecule has 1 aromatic carbocycles. The minimum Gasteiger partial charge on any atom is -0.394 e. The fourth-order valence-corrected chi connectivity index (χ4v) is 3.04. The van der Waals surface area contributed by atoms with Crippen molar-refractivity contribution in [1.29, 1.82) is 5.26 Å². The summed E-state index contributed by atoms with van der Waals surface area (Å²) in [6, 6.07) is 9.73. The van der Waals surface area contributed by atoms with Gasteiger partial charge in [-0.25, -0.2) is 5.01 Å². The second-order valence-corrected chi connectivity index (χ2v) is 5.64. The van der Waals surface area contributed by atoms with E-state index in [0.717, 1.165) is 30.8 Å². The molecule has 22 heavy (non-hydrogen) atoms. The molecule has 1 fully saturated rings. The fraction of sp³-hybridized carbons (Fsp3) is 0.438. The first-order valence-electron chi connectivity index (χ1n) is 7.42. The van der Waals surface area contributed by atoms with Gasteiger partial charge in [0, 0.05) is 19.6 Å². The molecule has 0 spiro atoms. The first kappa shape index (κ1) is 14.7. The molecule has 2 heterocycles. The van der Waals surface area contributed by atoms with Crippen LogP contribution >= 0.6 is 0 Å². The zero-order chi connectivity index (χ0) is 15.5. The number of carbonyl (C=O) groups excluding carboxylic acids is 1. The molecule has 1 atom stereocenters. The summed E-state index contributed by atoms with van der Waals surface area (Å²) >= 11 is 0. The van der Waals surface area contributed by atoms with Crippen LogP contribution in [0.5, 0.6) is 0 Å². The maximum absolute atomic E-state index is 12.1. The number of piperidine rings is 1. The topological polar surface area (TPSA) is 79.9 Å². The summed E-state index contributed by atoms with van der Waals surface area (Å²) in [5.74, 6) is -0.108. The Balaban J connectivity index is 1.67. The molecule has 6 heteroatoms. The number of nitriles is 1. The highest BCUT2D eigenvalue weighted by molar-refractivity contribution is 6.09. The van der Waals surface area contributed by atoms with Gasteiger partial charge in [0.25, 0.3) is 5.91 Å². The molecular formula is C16H18N4O2. The highest BCUT2D eigenvalue weighted by Gasteiger charge is 2.38. The second-order valence-electron chi connectivity index (χ2n) is 5.64. The highest BCUT2D eigenvalue weighted by Crippen LogP contribution is 2.25. The highest BCUT2D eigenvalue weighted by atomic mass is 16.3. The number of benzene rings is 1. The summed E-state index contributed by atoms with van der Waals surface area (Å²) in [6.07, 6.45) is 0.761. The summed E-state index contributed by atoms with van der Waals surface area (Å²) in [5, 5.41) is 23.7. The molecule has 3 rings (SSSR count). The lowest BCUT2D eigenvalue weighted by Crippen LogP contribution is -2.41. The quantitative estimate of drug-likeness (QED) is 0.881. The summed E-state index contributed by atoms with van der Waals surface area (Å²) in [5.41, 5.74) is 2.64. The molecule has 1 N–H and O–H groups in total. The average molecular weight is 298 g/mol. The molecular weight excluding hydrogens is 280 g/mol. The Hall–Kier alpha value is -2.23. The van der Waals surface area contributed by atoms with Gasteiger partial charge in [-0.2, -0.15) is 10.4 Å². The van der Waals surface area contributed by atoms with Crippen molar-refractivity contribution in [2.24, 2.45) is 11.0 Å². The van der Waals surface area contributed by atoms with Crippen LogP contribution in [0.1, 0.15) is 17.5 Å². The minimum absolute atomic E-state index is 0.00942. The fourth-order valence-electron chi connectivity index (χ4n) is 3.04. The molecule has 1 amide bonds. The maximum atomic E-state index is 12.1. The number of amides is 1. The van der Waals surface area contributed by atoms with Gasteiger partial charge in [0.1, 0.15) is 0 Å². The van der Waals surface area contributed by atoms with E-state index in [9.17, 15) is 4.79 Å². The van der Waals surface area contributed by atoms with Crippen molar-refractivity contribution in [3.8, 4) is 6.07 Å². The Morgan fingerprint density at radius 2 is 2.32 bits per heavy atom. The molecule has 0 radical (unpaired) electrons. The zero-order valence-corrected chi connectivity index (χ0v) is 12.3. The molecule has 114 valence electrons. The Labute approximate surface area is 129 Å². The number of hydrogen-bond donors (Lipinski definition) is 1. The van der Waals surface area contributed by atoms with E-state index >= 15 is 0 Å². The van der Waals surface area contributed by atoms with Crippen molar-refractivity contribution in [3.05, 3.63) is 35.4 Å². The number of aliphatic hydroxyl groups excluding tert-OH is 1. The van der Waals surface area contributed by atoms with Gasteiger partial charge in [0.15, 0.2) is 0 Å². The predicted octanol–water partition coefficient (Wildman–Crippen LogP) is 0.571. The normalized spacial score (nSPS) is 21.5. The van der Waals surface area contributed by atoms with E-state index in [-0.39, 0.29) is 25.0 Å². The van der Waals surface area contributed by atoms with Crippen LogP contribution in [0.2, 0.25) is 0 Å². The van der Waals surface area contributed by atoms with Gasteiger partial charge in [-0.1, -0.05) is 12.1 Å². The van der Waals surface area contributed by atoms with Crippen LogP contribution < -0.4 is 0 Å². The lowest BCUT2D eigenvalue weighted by molar-refractivity contribution is -0.132. The number of rotatable bonds is 4. The van der Waals surface area contributed by atoms with Gasteiger partial charge in [0.05, 0.1) is 36.4 Å². The first-order valence-corrected chi connectivity index (χ1v) is 7.42. The Kier molecular flexibility index (Phi) is 4.18. The lowest BCUT2D eigenvalue weighted by Gasteiger charge is -2.29. The van der Waals surface area contributed by atoms with Crippen molar-refractivity contribution in [3.63, 3.8) is 0 Å². The average Bonchev–Trinajstić information content (AvgIpc) is 2.84. The van der Waals surface area contributed by atoms with E-state index in [1.165, 1.54) is 5.01 Å². The molecule has 1 saturated heterocycles. The van der Waals surface area contributed by atoms with Crippen molar-refractivity contribution in [1.82, 2.24) is 9.91 Å². The SMILES string of the molecule is N#Cc1cccc(CN2CCC3C(=O)N(CCO)N=C3C2)c1. The molecule has 0 bridgehead atoms. The Morgan fingerprint density at radius 3 is 3.09 bits per heavy atom.